The lowest BCUT2D eigenvalue weighted by atomic mass is 9.94. The first-order chi connectivity index (χ1) is 12.5. The summed E-state index contributed by atoms with van der Waals surface area (Å²) in [5.41, 5.74) is 3.24. The Hall–Kier alpha value is -2.95. The normalized spacial score (nSPS) is 19.2. The molecule has 0 spiro atoms. The van der Waals surface area contributed by atoms with Crippen LogP contribution in [0.2, 0.25) is 0 Å². The largest absolute Gasteiger partial charge is 0.507 e. The fourth-order valence-corrected chi connectivity index (χ4v) is 3.37. The molecule has 2 aromatic rings. The molecule has 1 aromatic heterocycles. The molecule has 5 nitrogen and oxygen atoms in total. The highest BCUT2D eigenvalue weighted by Crippen LogP contribution is 2.39. The maximum absolute atomic E-state index is 12.8. The van der Waals surface area contributed by atoms with Gasteiger partial charge in [0.2, 0.25) is 0 Å². The highest BCUT2D eigenvalue weighted by Gasteiger charge is 2.45. The van der Waals surface area contributed by atoms with Crippen LogP contribution >= 0.6 is 0 Å². The maximum Gasteiger partial charge on any atom is 0.295 e. The number of ketones is 1. The van der Waals surface area contributed by atoms with Crippen molar-refractivity contribution < 1.29 is 14.7 Å². The summed E-state index contributed by atoms with van der Waals surface area (Å²) in [7, 11) is 0. The Balaban J connectivity index is 2.23. The number of aliphatic hydroxyl groups is 1. The SMILES string of the molecule is CCCN1C(=O)C(=O)/C(=C(/O)c2cc(C)ccc2C)C1c1cccnc1. The van der Waals surface area contributed by atoms with Gasteiger partial charge in [0.25, 0.3) is 11.7 Å². The van der Waals surface area contributed by atoms with E-state index in [2.05, 4.69) is 4.98 Å². The molecule has 1 aromatic carbocycles. The van der Waals surface area contributed by atoms with Gasteiger partial charge in [0.1, 0.15) is 5.76 Å². The van der Waals surface area contributed by atoms with Gasteiger partial charge in [-0.1, -0.05) is 30.7 Å². The number of hydrogen-bond acceptors (Lipinski definition) is 4. The number of aryl methyl sites for hydroxylation is 2. The average molecular weight is 350 g/mol. The molecule has 2 heterocycles. The van der Waals surface area contributed by atoms with Crippen LogP contribution in [0.5, 0.6) is 0 Å². The maximum atomic E-state index is 12.8. The van der Waals surface area contributed by atoms with Gasteiger partial charge < -0.3 is 10.0 Å². The number of benzene rings is 1. The van der Waals surface area contributed by atoms with Gasteiger partial charge in [-0.25, -0.2) is 0 Å². The van der Waals surface area contributed by atoms with Crippen LogP contribution in [0.1, 0.15) is 41.6 Å². The zero-order valence-corrected chi connectivity index (χ0v) is 15.2. The number of hydrogen-bond donors (Lipinski definition) is 1. The number of carbonyl (C=O) groups excluding carboxylic acids is 2. The number of carbonyl (C=O) groups is 2. The Bertz CT molecular complexity index is 887. The topological polar surface area (TPSA) is 70.5 Å². The van der Waals surface area contributed by atoms with Crippen molar-refractivity contribution in [3.05, 3.63) is 70.6 Å². The van der Waals surface area contributed by atoms with Crippen molar-refractivity contribution >= 4 is 17.4 Å². The second-order valence-corrected chi connectivity index (χ2v) is 6.60. The Morgan fingerprint density at radius 2 is 2.00 bits per heavy atom. The van der Waals surface area contributed by atoms with E-state index in [0.717, 1.165) is 11.1 Å². The van der Waals surface area contributed by atoms with E-state index in [0.29, 0.717) is 24.1 Å². The Labute approximate surface area is 153 Å². The fourth-order valence-electron chi connectivity index (χ4n) is 3.37. The van der Waals surface area contributed by atoms with E-state index in [4.69, 9.17) is 0 Å². The van der Waals surface area contributed by atoms with Crippen LogP contribution in [0.25, 0.3) is 5.76 Å². The predicted molar refractivity (Wildman–Crippen MR) is 99.5 cm³/mol. The zero-order valence-electron chi connectivity index (χ0n) is 15.2. The number of likely N-dealkylation sites (tertiary alicyclic amines) is 1. The summed E-state index contributed by atoms with van der Waals surface area (Å²) in [6, 6.07) is 8.63. The van der Waals surface area contributed by atoms with Crippen molar-refractivity contribution in [2.75, 3.05) is 6.54 Å². The second kappa shape index (κ2) is 7.12. The van der Waals surface area contributed by atoms with Gasteiger partial charge in [0.15, 0.2) is 0 Å². The first-order valence-corrected chi connectivity index (χ1v) is 8.71. The van der Waals surface area contributed by atoms with Crippen molar-refractivity contribution in [1.82, 2.24) is 9.88 Å². The minimum absolute atomic E-state index is 0.128. The van der Waals surface area contributed by atoms with E-state index in [9.17, 15) is 14.7 Å². The minimum atomic E-state index is -0.647. The van der Waals surface area contributed by atoms with Gasteiger partial charge >= 0.3 is 0 Å². The number of pyridine rings is 1. The molecule has 26 heavy (non-hydrogen) atoms. The van der Waals surface area contributed by atoms with Gasteiger partial charge in [-0.2, -0.15) is 0 Å². The van der Waals surface area contributed by atoms with Crippen LogP contribution in [0.4, 0.5) is 0 Å². The number of rotatable bonds is 4. The van der Waals surface area contributed by atoms with Gasteiger partial charge in [0.05, 0.1) is 11.6 Å². The molecule has 1 saturated heterocycles. The van der Waals surface area contributed by atoms with Gasteiger partial charge in [-0.05, 0) is 43.5 Å². The third kappa shape index (κ3) is 3.01. The van der Waals surface area contributed by atoms with Crippen molar-refractivity contribution in [3.8, 4) is 0 Å². The lowest BCUT2D eigenvalue weighted by molar-refractivity contribution is -0.139. The first-order valence-electron chi connectivity index (χ1n) is 8.71. The summed E-state index contributed by atoms with van der Waals surface area (Å²) in [6.07, 6.45) is 3.99. The van der Waals surface area contributed by atoms with Gasteiger partial charge in [0, 0.05) is 24.5 Å². The summed E-state index contributed by atoms with van der Waals surface area (Å²) < 4.78 is 0. The van der Waals surface area contributed by atoms with E-state index in [1.165, 1.54) is 4.90 Å². The van der Waals surface area contributed by atoms with Crippen molar-refractivity contribution in [1.29, 1.82) is 0 Å². The quantitative estimate of drug-likeness (QED) is 0.520. The van der Waals surface area contributed by atoms with Crippen LogP contribution in [-0.2, 0) is 9.59 Å². The number of nitrogens with zero attached hydrogens (tertiary/aromatic N) is 2. The van der Waals surface area contributed by atoms with Crippen LogP contribution < -0.4 is 0 Å². The van der Waals surface area contributed by atoms with Crippen LogP contribution in [0.15, 0.2) is 48.3 Å². The van der Waals surface area contributed by atoms with E-state index in [1.807, 2.05) is 45.0 Å². The molecule has 0 aliphatic carbocycles. The molecule has 0 bridgehead atoms. The lowest BCUT2D eigenvalue weighted by Gasteiger charge is -2.24. The predicted octanol–water partition coefficient (Wildman–Crippen LogP) is 3.53. The number of Topliss-reactive ketones (excluding diaryl/α,β-unsaturated/α-hetero) is 1. The second-order valence-electron chi connectivity index (χ2n) is 6.60. The summed E-state index contributed by atoms with van der Waals surface area (Å²) in [6.45, 7) is 6.18. The van der Waals surface area contributed by atoms with E-state index >= 15 is 0 Å². The molecule has 134 valence electrons. The average Bonchev–Trinajstić information content (AvgIpc) is 2.89. The first kappa shape index (κ1) is 17.9. The Morgan fingerprint density at radius 1 is 1.23 bits per heavy atom. The van der Waals surface area contributed by atoms with Crippen molar-refractivity contribution in [2.24, 2.45) is 0 Å². The highest BCUT2D eigenvalue weighted by atomic mass is 16.3. The van der Waals surface area contributed by atoms with Crippen LogP contribution in [0.3, 0.4) is 0 Å². The van der Waals surface area contributed by atoms with Gasteiger partial charge in [-0.15, -0.1) is 0 Å². The van der Waals surface area contributed by atoms with Crippen molar-refractivity contribution in [2.45, 2.75) is 33.2 Å². The van der Waals surface area contributed by atoms with Crippen molar-refractivity contribution in [3.63, 3.8) is 0 Å². The molecule has 3 rings (SSSR count). The molecule has 0 saturated carbocycles. The third-order valence-corrected chi connectivity index (χ3v) is 4.65. The Morgan fingerprint density at radius 3 is 2.65 bits per heavy atom. The number of aromatic nitrogens is 1. The highest BCUT2D eigenvalue weighted by molar-refractivity contribution is 6.46. The van der Waals surface area contributed by atoms with Crippen LogP contribution in [0, 0.1) is 13.8 Å². The molecule has 1 amide bonds. The summed E-state index contributed by atoms with van der Waals surface area (Å²) >= 11 is 0. The summed E-state index contributed by atoms with van der Waals surface area (Å²) in [4.78, 5) is 31.0. The number of amides is 1. The third-order valence-electron chi connectivity index (χ3n) is 4.65. The van der Waals surface area contributed by atoms with Crippen LogP contribution in [-0.4, -0.2) is 33.2 Å². The fraction of sp³-hybridized carbons (Fsp3) is 0.286. The molecular weight excluding hydrogens is 328 g/mol. The van der Waals surface area contributed by atoms with E-state index in [1.54, 1.807) is 18.5 Å². The summed E-state index contributed by atoms with van der Waals surface area (Å²) in [5, 5.41) is 11.0. The van der Waals surface area contributed by atoms with E-state index < -0.39 is 17.7 Å². The summed E-state index contributed by atoms with van der Waals surface area (Å²) in [5.74, 6) is -1.35. The molecule has 1 fully saturated rings. The monoisotopic (exact) mass is 350 g/mol. The molecule has 1 aliphatic rings. The van der Waals surface area contributed by atoms with E-state index in [-0.39, 0.29) is 11.3 Å². The molecule has 1 atom stereocenters. The lowest BCUT2D eigenvalue weighted by Crippen LogP contribution is -2.30. The molecule has 5 heteroatoms. The molecular formula is C21H22N2O3. The molecule has 0 radical (unpaired) electrons. The molecule has 1 N–H and O–H groups in total. The molecule has 1 aliphatic heterocycles. The smallest absolute Gasteiger partial charge is 0.295 e. The Kier molecular flexibility index (Phi) is 4.89. The zero-order chi connectivity index (χ0) is 18.8. The molecule has 1 unspecified atom stereocenters. The minimum Gasteiger partial charge on any atom is -0.507 e. The van der Waals surface area contributed by atoms with Gasteiger partial charge in [-0.3, -0.25) is 14.6 Å². The standard InChI is InChI=1S/C21H22N2O3/c1-4-10-23-18(15-6-5-9-22-12-15)17(20(25)21(23)26)19(24)16-11-13(2)7-8-14(16)3/h5-9,11-12,18,24H,4,10H2,1-3H3/b19-17+. The number of aliphatic hydroxyl groups excluding tert-OH is 1.